The van der Waals surface area contributed by atoms with Gasteiger partial charge < -0.3 is 4.90 Å². The van der Waals surface area contributed by atoms with Gasteiger partial charge in [-0.1, -0.05) is 6.92 Å². The molecular weight excluding hydrogens is 124 g/mol. The van der Waals surface area contributed by atoms with E-state index < -0.39 is 0 Å². The maximum absolute atomic E-state index is 4.52. The summed E-state index contributed by atoms with van der Waals surface area (Å²) in [5.74, 6) is 0. The van der Waals surface area contributed by atoms with Gasteiger partial charge in [0, 0.05) is 25.2 Å². The van der Waals surface area contributed by atoms with E-state index in [4.69, 9.17) is 0 Å². The number of hydrogen-bond donors (Lipinski definition) is 0. The minimum absolute atomic E-state index is 0.203. The lowest BCUT2D eigenvalue weighted by Crippen LogP contribution is -2.52. The van der Waals surface area contributed by atoms with Crippen molar-refractivity contribution in [1.82, 2.24) is 10.2 Å². The van der Waals surface area contributed by atoms with Gasteiger partial charge >= 0.3 is 0 Å². The quantitative estimate of drug-likeness (QED) is 0.525. The first kappa shape index (κ1) is 8.02. The smallest absolute Gasteiger partial charge is 0.0427 e. The third-order valence-corrected chi connectivity index (χ3v) is 2.01. The van der Waals surface area contributed by atoms with Gasteiger partial charge in [-0.15, -0.1) is 0 Å². The molecule has 0 aliphatic carbocycles. The fourth-order valence-electron chi connectivity index (χ4n) is 1.44. The molecule has 1 radical (unpaired) electrons. The highest BCUT2D eigenvalue weighted by Crippen LogP contribution is 2.10. The van der Waals surface area contributed by atoms with Crippen LogP contribution in [0.1, 0.15) is 20.8 Å². The first-order valence-electron chi connectivity index (χ1n) is 4.05. The maximum Gasteiger partial charge on any atom is 0.0427 e. The Balaban J connectivity index is 2.40. The van der Waals surface area contributed by atoms with Gasteiger partial charge in [0.1, 0.15) is 0 Å². The molecule has 0 unspecified atom stereocenters. The van der Waals surface area contributed by atoms with Crippen LogP contribution in [0.25, 0.3) is 0 Å². The summed E-state index contributed by atoms with van der Waals surface area (Å²) in [7, 11) is 0. The maximum atomic E-state index is 4.52. The van der Waals surface area contributed by atoms with Crippen molar-refractivity contribution in [3.63, 3.8) is 0 Å². The van der Waals surface area contributed by atoms with Crippen molar-refractivity contribution in [2.75, 3.05) is 26.2 Å². The summed E-state index contributed by atoms with van der Waals surface area (Å²) in [4.78, 5) is 2.45. The van der Waals surface area contributed by atoms with E-state index in [1.54, 1.807) is 0 Å². The Morgan fingerprint density at radius 3 is 2.60 bits per heavy atom. The molecule has 1 aliphatic heterocycles. The molecule has 0 atom stereocenters. The van der Waals surface area contributed by atoms with E-state index in [9.17, 15) is 0 Å². The molecule has 0 amide bonds. The van der Waals surface area contributed by atoms with Crippen LogP contribution in [0.4, 0.5) is 0 Å². The fourth-order valence-corrected chi connectivity index (χ4v) is 1.44. The Labute approximate surface area is 63.6 Å². The molecule has 59 valence electrons. The zero-order valence-electron chi connectivity index (χ0n) is 7.22. The SMILES string of the molecule is CCN1CC[N]C(C)(C)C1. The second-order valence-corrected chi connectivity index (χ2v) is 3.56. The molecule has 0 aromatic heterocycles. The van der Waals surface area contributed by atoms with Gasteiger partial charge in [0.15, 0.2) is 0 Å². The van der Waals surface area contributed by atoms with Crippen LogP contribution in [-0.4, -0.2) is 36.6 Å². The summed E-state index contributed by atoms with van der Waals surface area (Å²) in [6, 6.07) is 0. The van der Waals surface area contributed by atoms with Gasteiger partial charge in [-0.05, 0) is 20.4 Å². The van der Waals surface area contributed by atoms with Crippen molar-refractivity contribution in [1.29, 1.82) is 0 Å². The normalized spacial score (nSPS) is 26.7. The lowest BCUT2D eigenvalue weighted by Gasteiger charge is -2.36. The molecule has 1 fully saturated rings. The highest BCUT2D eigenvalue weighted by Gasteiger charge is 2.25. The third-order valence-electron chi connectivity index (χ3n) is 2.01. The van der Waals surface area contributed by atoms with Crippen molar-refractivity contribution in [2.24, 2.45) is 0 Å². The first-order valence-corrected chi connectivity index (χ1v) is 4.05. The highest BCUT2D eigenvalue weighted by atomic mass is 15.2. The topological polar surface area (TPSA) is 17.3 Å². The van der Waals surface area contributed by atoms with Gasteiger partial charge in [-0.2, -0.15) is 0 Å². The predicted molar refractivity (Wildman–Crippen MR) is 43.2 cm³/mol. The number of likely N-dealkylation sites (N-methyl/N-ethyl adjacent to an activating group) is 1. The number of rotatable bonds is 1. The molecule has 0 aromatic rings. The summed E-state index contributed by atoms with van der Waals surface area (Å²) in [6.45, 7) is 11.1. The van der Waals surface area contributed by atoms with E-state index in [-0.39, 0.29) is 5.54 Å². The van der Waals surface area contributed by atoms with Gasteiger partial charge in [-0.25, -0.2) is 5.32 Å². The largest absolute Gasteiger partial charge is 0.300 e. The van der Waals surface area contributed by atoms with E-state index in [0.717, 1.165) is 19.6 Å². The molecular formula is C8H17N2. The molecule has 1 saturated heterocycles. The van der Waals surface area contributed by atoms with Crippen LogP contribution in [-0.2, 0) is 0 Å². The predicted octanol–water partition coefficient (Wildman–Crippen LogP) is 0.705. The van der Waals surface area contributed by atoms with Crippen LogP contribution >= 0.6 is 0 Å². The molecule has 0 saturated carbocycles. The standard InChI is InChI=1S/C8H17N2/c1-4-10-6-5-9-8(2,3)7-10/h4-7H2,1-3H3. The second-order valence-electron chi connectivity index (χ2n) is 3.56. The van der Waals surface area contributed by atoms with Crippen molar-refractivity contribution in [3.8, 4) is 0 Å². The fraction of sp³-hybridized carbons (Fsp3) is 1.00. The number of hydrogen-bond acceptors (Lipinski definition) is 1. The molecule has 2 nitrogen and oxygen atoms in total. The van der Waals surface area contributed by atoms with E-state index in [1.165, 1.54) is 6.54 Å². The molecule has 1 aliphatic rings. The first-order chi connectivity index (χ1) is 4.64. The Bertz CT molecular complexity index is 110. The van der Waals surface area contributed by atoms with Crippen LogP contribution in [0.15, 0.2) is 0 Å². The molecule has 0 bridgehead atoms. The van der Waals surface area contributed by atoms with Gasteiger partial charge in [0.2, 0.25) is 0 Å². The molecule has 10 heavy (non-hydrogen) atoms. The van der Waals surface area contributed by atoms with Crippen LogP contribution in [0.2, 0.25) is 0 Å². The van der Waals surface area contributed by atoms with E-state index >= 15 is 0 Å². The Morgan fingerprint density at radius 1 is 1.50 bits per heavy atom. The van der Waals surface area contributed by atoms with Crippen LogP contribution < -0.4 is 5.32 Å². The van der Waals surface area contributed by atoms with Crippen molar-refractivity contribution >= 4 is 0 Å². The monoisotopic (exact) mass is 141 g/mol. The Morgan fingerprint density at radius 2 is 2.20 bits per heavy atom. The van der Waals surface area contributed by atoms with E-state index in [0.29, 0.717) is 0 Å². The summed E-state index contributed by atoms with van der Waals surface area (Å²) in [6.07, 6.45) is 0. The molecule has 1 rings (SSSR count). The molecule has 1 heterocycles. The molecule has 0 aromatic carbocycles. The third kappa shape index (κ3) is 1.96. The van der Waals surface area contributed by atoms with Crippen LogP contribution in [0.5, 0.6) is 0 Å². The number of nitrogens with zero attached hydrogens (tertiary/aromatic N) is 2. The Hall–Kier alpha value is -0.0800. The minimum Gasteiger partial charge on any atom is -0.300 e. The lowest BCUT2D eigenvalue weighted by molar-refractivity contribution is 0.157. The Kier molecular flexibility index (Phi) is 2.32. The van der Waals surface area contributed by atoms with Crippen molar-refractivity contribution in [3.05, 3.63) is 0 Å². The summed E-state index contributed by atoms with van der Waals surface area (Å²) < 4.78 is 0. The van der Waals surface area contributed by atoms with Gasteiger partial charge in [0.25, 0.3) is 0 Å². The molecule has 0 N–H and O–H groups in total. The number of piperazine rings is 1. The van der Waals surface area contributed by atoms with Gasteiger partial charge in [-0.3, -0.25) is 0 Å². The van der Waals surface area contributed by atoms with Crippen molar-refractivity contribution in [2.45, 2.75) is 26.3 Å². The zero-order chi connectivity index (χ0) is 7.61. The highest BCUT2D eigenvalue weighted by molar-refractivity contribution is 4.85. The van der Waals surface area contributed by atoms with Crippen LogP contribution in [0, 0.1) is 0 Å². The lowest BCUT2D eigenvalue weighted by atomic mass is 10.0. The van der Waals surface area contributed by atoms with Gasteiger partial charge in [0.05, 0.1) is 0 Å². The summed E-state index contributed by atoms with van der Waals surface area (Å²) in [5, 5.41) is 4.52. The second kappa shape index (κ2) is 2.89. The summed E-state index contributed by atoms with van der Waals surface area (Å²) >= 11 is 0. The average Bonchev–Trinajstić information content (AvgIpc) is 1.86. The minimum atomic E-state index is 0.203. The molecule has 2 heteroatoms. The summed E-state index contributed by atoms with van der Waals surface area (Å²) in [5.41, 5.74) is 0.203. The van der Waals surface area contributed by atoms with Crippen LogP contribution in [0.3, 0.4) is 0 Å². The van der Waals surface area contributed by atoms with E-state index in [2.05, 4.69) is 31.0 Å². The average molecular weight is 141 g/mol. The molecule has 0 spiro atoms. The van der Waals surface area contributed by atoms with Crippen molar-refractivity contribution < 1.29 is 0 Å². The zero-order valence-corrected chi connectivity index (χ0v) is 7.22. The van der Waals surface area contributed by atoms with E-state index in [1.807, 2.05) is 0 Å².